The third kappa shape index (κ3) is 1.97. The van der Waals surface area contributed by atoms with Crippen molar-refractivity contribution in [2.24, 2.45) is 0 Å². The number of nitrogens with two attached hydrogens (primary N) is 1. The molecule has 0 saturated carbocycles. The average molecular weight is 162 g/mol. The van der Waals surface area contributed by atoms with Crippen molar-refractivity contribution in [1.82, 2.24) is 4.98 Å². The summed E-state index contributed by atoms with van der Waals surface area (Å²) in [7, 11) is 0. The lowest BCUT2D eigenvalue weighted by molar-refractivity contribution is 0.350. The summed E-state index contributed by atoms with van der Waals surface area (Å²) in [6.07, 6.45) is 1.57. The van der Waals surface area contributed by atoms with Crippen LogP contribution in [0.4, 0.5) is 5.69 Å². The van der Waals surface area contributed by atoms with Gasteiger partial charge in [0, 0.05) is 0 Å². The Morgan fingerprint density at radius 2 is 2.42 bits per heavy atom. The van der Waals surface area contributed by atoms with Crippen molar-refractivity contribution in [3.63, 3.8) is 0 Å². The maximum absolute atomic E-state index is 8.43. The van der Waals surface area contributed by atoms with Gasteiger partial charge in [-0.3, -0.25) is 0 Å². The SMILES string of the molecule is Cc1cc(C#CCO)ncc1N. The van der Waals surface area contributed by atoms with E-state index in [0.717, 1.165) is 5.56 Å². The third-order valence-electron chi connectivity index (χ3n) is 1.45. The number of hydrogen-bond acceptors (Lipinski definition) is 3. The van der Waals surface area contributed by atoms with Crippen LogP contribution in [0.2, 0.25) is 0 Å². The zero-order valence-corrected chi connectivity index (χ0v) is 6.83. The molecule has 1 aromatic rings. The summed E-state index contributed by atoms with van der Waals surface area (Å²) >= 11 is 0. The summed E-state index contributed by atoms with van der Waals surface area (Å²) in [5, 5.41) is 8.43. The quantitative estimate of drug-likeness (QED) is 0.540. The van der Waals surface area contributed by atoms with Crippen molar-refractivity contribution in [3.05, 3.63) is 23.5 Å². The lowest BCUT2D eigenvalue weighted by Crippen LogP contribution is -1.92. The van der Waals surface area contributed by atoms with E-state index < -0.39 is 0 Å². The third-order valence-corrected chi connectivity index (χ3v) is 1.45. The van der Waals surface area contributed by atoms with Crippen LogP contribution in [0.25, 0.3) is 0 Å². The molecule has 62 valence electrons. The molecule has 0 aliphatic rings. The standard InChI is InChI=1S/C9H10N2O/c1-7-5-8(3-2-4-12)11-6-9(7)10/h5-6,12H,4,10H2,1H3. The monoisotopic (exact) mass is 162 g/mol. The number of aliphatic hydroxyl groups is 1. The first-order valence-corrected chi connectivity index (χ1v) is 3.56. The van der Waals surface area contributed by atoms with Crippen molar-refractivity contribution in [2.75, 3.05) is 12.3 Å². The Hall–Kier alpha value is -1.53. The average Bonchev–Trinajstić information content (AvgIpc) is 2.07. The predicted molar refractivity (Wildman–Crippen MR) is 47.4 cm³/mol. The number of hydrogen-bond donors (Lipinski definition) is 2. The first kappa shape index (κ1) is 8.57. The van der Waals surface area contributed by atoms with E-state index in [0.29, 0.717) is 11.4 Å². The van der Waals surface area contributed by atoms with Crippen LogP contribution in [-0.2, 0) is 0 Å². The Balaban J connectivity index is 2.97. The van der Waals surface area contributed by atoms with E-state index in [1.54, 1.807) is 12.3 Å². The Kier molecular flexibility index (Phi) is 2.67. The fraction of sp³-hybridized carbons (Fsp3) is 0.222. The van der Waals surface area contributed by atoms with E-state index in [2.05, 4.69) is 16.8 Å². The molecule has 0 radical (unpaired) electrons. The van der Waals surface area contributed by atoms with Gasteiger partial charge in [-0.05, 0) is 24.5 Å². The molecule has 12 heavy (non-hydrogen) atoms. The molecule has 0 atom stereocenters. The topological polar surface area (TPSA) is 59.1 Å². The second kappa shape index (κ2) is 3.74. The number of aromatic nitrogens is 1. The van der Waals surface area contributed by atoms with Crippen molar-refractivity contribution in [1.29, 1.82) is 0 Å². The molecule has 0 unspecified atom stereocenters. The normalized spacial score (nSPS) is 8.83. The molecule has 0 aromatic carbocycles. The van der Waals surface area contributed by atoms with Crippen LogP contribution in [0.5, 0.6) is 0 Å². The van der Waals surface area contributed by atoms with Gasteiger partial charge in [0.2, 0.25) is 0 Å². The predicted octanol–water partition coefficient (Wildman–Crippen LogP) is 0.316. The zero-order chi connectivity index (χ0) is 8.97. The van der Waals surface area contributed by atoms with E-state index >= 15 is 0 Å². The minimum atomic E-state index is -0.148. The largest absolute Gasteiger partial charge is 0.397 e. The van der Waals surface area contributed by atoms with E-state index in [-0.39, 0.29) is 6.61 Å². The van der Waals surface area contributed by atoms with Gasteiger partial charge >= 0.3 is 0 Å². The summed E-state index contributed by atoms with van der Waals surface area (Å²) in [5.41, 5.74) is 7.80. The summed E-state index contributed by atoms with van der Waals surface area (Å²) in [5.74, 6) is 5.21. The lowest BCUT2D eigenvalue weighted by Gasteiger charge is -1.97. The van der Waals surface area contributed by atoms with Crippen molar-refractivity contribution in [2.45, 2.75) is 6.92 Å². The van der Waals surface area contributed by atoms with Crippen molar-refractivity contribution in [3.8, 4) is 11.8 Å². The van der Waals surface area contributed by atoms with Crippen LogP contribution in [0.1, 0.15) is 11.3 Å². The molecule has 0 aliphatic carbocycles. The molecule has 1 aromatic heterocycles. The number of nitrogens with zero attached hydrogens (tertiary/aromatic N) is 1. The molecule has 0 amide bonds. The number of nitrogen functional groups attached to an aromatic ring is 1. The fourth-order valence-electron chi connectivity index (χ4n) is 0.765. The minimum Gasteiger partial charge on any atom is -0.397 e. The highest BCUT2D eigenvalue weighted by Crippen LogP contribution is 2.08. The van der Waals surface area contributed by atoms with E-state index in [1.807, 2.05) is 6.92 Å². The number of aryl methyl sites for hydroxylation is 1. The smallest absolute Gasteiger partial charge is 0.113 e. The van der Waals surface area contributed by atoms with Gasteiger partial charge in [-0.25, -0.2) is 4.98 Å². The van der Waals surface area contributed by atoms with Gasteiger partial charge in [0.15, 0.2) is 0 Å². The van der Waals surface area contributed by atoms with Crippen LogP contribution in [0, 0.1) is 18.8 Å². The van der Waals surface area contributed by atoms with E-state index in [4.69, 9.17) is 10.8 Å². The first-order chi connectivity index (χ1) is 5.74. The molecule has 0 fully saturated rings. The second-order valence-electron chi connectivity index (χ2n) is 2.39. The van der Waals surface area contributed by atoms with Crippen molar-refractivity contribution < 1.29 is 5.11 Å². The van der Waals surface area contributed by atoms with Gasteiger partial charge < -0.3 is 10.8 Å². The molecule has 3 N–H and O–H groups in total. The second-order valence-corrected chi connectivity index (χ2v) is 2.39. The lowest BCUT2D eigenvalue weighted by atomic mass is 10.2. The summed E-state index contributed by atoms with van der Waals surface area (Å²) in [4.78, 5) is 3.97. The maximum atomic E-state index is 8.43. The van der Waals surface area contributed by atoms with E-state index in [1.165, 1.54) is 0 Å². The van der Waals surface area contributed by atoms with E-state index in [9.17, 15) is 0 Å². The molecule has 0 aliphatic heterocycles. The molecule has 0 saturated heterocycles. The van der Waals surface area contributed by atoms with Crippen LogP contribution in [-0.4, -0.2) is 16.7 Å². The maximum Gasteiger partial charge on any atom is 0.113 e. The number of aliphatic hydroxyl groups excluding tert-OH is 1. The molecule has 3 nitrogen and oxygen atoms in total. The Bertz CT molecular complexity index is 336. The van der Waals surface area contributed by atoms with Crippen LogP contribution in [0.3, 0.4) is 0 Å². The van der Waals surface area contributed by atoms with Gasteiger partial charge in [0.25, 0.3) is 0 Å². The highest BCUT2D eigenvalue weighted by Gasteiger charge is 1.93. The van der Waals surface area contributed by atoms with Crippen molar-refractivity contribution >= 4 is 5.69 Å². The number of anilines is 1. The zero-order valence-electron chi connectivity index (χ0n) is 6.83. The first-order valence-electron chi connectivity index (χ1n) is 3.56. The summed E-state index contributed by atoms with van der Waals surface area (Å²) < 4.78 is 0. The van der Waals surface area contributed by atoms with Crippen LogP contribution >= 0.6 is 0 Å². The molecular weight excluding hydrogens is 152 g/mol. The summed E-state index contributed by atoms with van der Waals surface area (Å²) in [6.45, 7) is 1.74. The Morgan fingerprint density at radius 3 is 3.00 bits per heavy atom. The van der Waals surface area contributed by atoms with Gasteiger partial charge in [-0.2, -0.15) is 0 Å². The minimum absolute atomic E-state index is 0.148. The fourth-order valence-corrected chi connectivity index (χ4v) is 0.765. The molecule has 0 spiro atoms. The van der Waals surface area contributed by atoms with Gasteiger partial charge in [-0.1, -0.05) is 5.92 Å². The van der Waals surface area contributed by atoms with Gasteiger partial charge in [-0.15, -0.1) is 0 Å². The number of rotatable bonds is 0. The van der Waals surface area contributed by atoms with Gasteiger partial charge in [0.05, 0.1) is 11.9 Å². The molecular formula is C9H10N2O. The molecule has 1 heterocycles. The Labute approximate surface area is 71.2 Å². The van der Waals surface area contributed by atoms with Crippen LogP contribution in [0.15, 0.2) is 12.3 Å². The highest BCUT2D eigenvalue weighted by molar-refractivity contribution is 5.46. The highest BCUT2D eigenvalue weighted by atomic mass is 16.2. The van der Waals surface area contributed by atoms with Crippen LogP contribution < -0.4 is 5.73 Å². The van der Waals surface area contributed by atoms with Gasteiger partial charge in [0.1, 0.15) is 12.3 Å². The molecule has 0 bridgehead atoms. The summed E-state index contributed by atoms with van der Waals surface area (Å²) in [6, 6.07) is 1.79. The molecule has 1 rings (SSSR count). The number of pyridine rings is 1. The Morgan fingerprint density at radius 1 is 1.67 bits per heavy atom. The molecule has 3 heteroatoms.